The normalized spacial score (nSPS) is 11.8. The van der Waals surface area contributed by atoms with Crippen LogP contribution in [-0.2, 0) is 4.79 Å². The van der Waals surface area contributed by atoms with E-state index in [0.29, 0.717) is 17.7 Å². The third-order valence-corrected chi connectivity index (χ3v) is 4.65. The van der Waals surface area contributed by atoms with Gasteiger partial charge in [0.1, 0.15) is 10.3 Å². The molecule has 1 amide bonds. The summed E-state index contributed by atoms with van der Waals surface area (Å²) in [5.74, 6) is 0.344. The Kier molecular flexibility index (Phi) is 6.38. The van der Waals surface area contributed by atoms with Gasteiger partial charge in [-0.1, -0.05) is 48.7 Å². The summed E-state index contributed by atoms with van der Waals surface area (Å²) in [7, 11) is 1.54. The number of rotatable bonds is 5. The van der Waals surface area contributed by atoms with E-state index in [4.69, 9.17) is 34.8 Å². The third kappa shape index (κ3) is 3.94. The van der Waals surface area contributed by atoms with Crippen molar-refractivity contribution in [2.75, 3.05) is 11.9 Å². The standard InChI is InChI=1S/C17H17Cl3N4O/c1-9(2)13-14(10(3)5-6-22-13)24(8-25)17-11(15(19)21-4)7-12(18)16(20)23-17/h5-9H,1-4H3. The molecular weight excluding hydrogens is 383 g/mol. The van der Waals surface area contributed by atoms with Crippen LogP contribution in [0.15, 0.2) is 23.3 Å². The second kappa shape index (κ2) is 8.13. The number of hydrogen-bond donors (Lipinski definition) is 0. The van der Waals surface area contributed by atoms with Gasteiger partial charge in [0.25, 0.3) is 0 Å². The number of anilines is 2. The lowest BCUT2D eigenvalue weighted by Crippen LogP contribution is -2.22. The van der Waals surface area contributed by atoms with E-state index in [-0.39, 0.29) is 27.1 Å². The maximum atomic E-state index is 12.0. The highest BCUT2D eigenvalue weighted by Crippen LogP contribution is 2.36. The maximum Gasteiger partial charge on any atom is 0.219 e. The molecule has 132 valence electrons. The zero-order valence-corrected chi connectivity index (χ0v) is 16.5. The van der Waals surface area contributed by atoms with Crippen molar-refractivity contribution >= 4 is 57.9 Å². The van der Waals surface area contributed by atoms with E-state index in [2.05, 4.69) is 15.0 Å². The Balaban J connectivity index is 2.80. The molecule has 8 heteroatoms. The van der Waals surface area contributed by atoms with Crippen LogP contribution in [-0.4, -0.2) is 28.6 Å². The monoisotopic (exact) mass is 398 g/mol. The van der Waals surface area contributed by atoms with Gasteiger partial charge in [-0.05, 0) is 30.5 Å². The fraction of sp³-hybridized carbons (Fsp3) is 0.294. The summed E-state index contributed by atoms with van der Waals surface area (Å²) in [4.78, 5) is 26.0. The van der Waals surface area contributed by atoms with Gasteiger partial charge in [-0.3, -0.25) is 19.7 Å². The molecule has 0 fully saturated rings. The van der Waals surface area contributed by atoms with Crippen molar-refractivity contribution in [3.8, 4) is 0 Å². The maximum absolute atomic E-state index is 12.0. The number of amides is 1. The van der Waals surface area contributed by atoms with Gasteiger partial charge >= 0.3 is 0 Å². The number of nitrogens with zero attached hydrogens (tertiary/aromatic N) is 4. The molecule has 25 heavy (non-hydrogen) atoms. The number of pyridine rings is 2. The average molecular weight is 400 g/mol. The molecule has 0 saturated heterocycles. The molecule has 0 atom stereocenters. The van der Waals surface area contributed by atoms with Crippen molar-refractivity contribution in [3.63, 3.8) is 0 Å². The molecule has 0 aromatic carbocycles. The zero-order chi connectivity index (χ0) is 18.7. The van der Waals surface area contributed by atoms with Crippen molar-refractivity contribution in [3.05, 3.63) is 45.3 Å². The van der Waals surface area contributed by atoms with Crippen LogP contribution in [0, 0.1) is 6.92 Å². The molecule has 2 heterocycles. The topological polar surface area (TPSA) is 58.5 Å². The molecule has 0 unspecified atom stereocenters. The fourth-order valence-corrected chi connectivity index (χ4v) is 2.85. The van der Waals surface area contributed by atoms with Crippen LogP contribution in [0.1, 0.15) is 36.6 Å². The SMILES string of the molecule is CN=C(Cl)c1cc(Cl)c(Cl)nc1N(C=O)c1c(C)ccnc1C(C)C. The van der Waals surface area contributed by atoms with E-state index in [1.54, 1.807) is 12.3 Å². The van der Waals surface area contributed by atoms with Gasteiger partial charge in [-0.15, -0.1) is 0 Å². The number of aromatic nitrogens is 2. The van der Waals surface area contributed by atoms with E-state index in [9.17, 15) is 4.79 Å². The Bertz CT molecular complexity index is 837. The van der Waals surface area contributed by atoms with E-state index in [1.165, 1.54) is 11.9 Å². The van der Waals surface area contributed by atoms with Crippen molar-refractivity contribution in [2.45, 2.75) is 26.7 Å². The quantitative estimate of drug-likeness (QED) is 0.398. The van der Waals surface area contributed by atoms with Crippen molar-refractivity contribution < 1.29 is 4.79 Å². The minimum atomic E-state index is 0.0699. The Morgan fingerprint density at radius 1 is 1.36 bits per heavy atom. The summed E-state index contributed by atoms with van der Waals surface area (Å²) in [6, 6.07) is 3.36. The first kappa shape index (κ1) is 19.6. The second-order valence-electron chi connectivity index (χ2n) is 5.64. The van der Waals surface area contributed by atoms with Gasteiger partial charge in [0.2, 0.25) is 6.41 Å². The fourth-order valence-electron chi connectivity index (χ4n) is 2.43. The summed E-state index contributed by atoms with van der Waals surface area (Å²) in [5, 5.41) is 0.459. The molecule has 2 rings (SSSR count). The van der Waals surface area contributed by atoms with Crippen molar-refractivity contribution in [1.82, 2.24) is 9.97 Å². The van der Waals surface area contributed by atoms with Gasteiger partial charge in [0.05, 0.1) is 22.0 Å². The molecule has 0 aliphatic heterocycles. The number of carbonyl (C=O) groups excluding carboxylic acids is 1. The average Bonchev–Trinajstić information content (AvgIpc) is 2.58. The second-order valence-corrected chi connectivity index (χ2v) is 6.76. The lowest BCUT2D eigenvalue weighted by molar-refractivity contribution is -0.106. The van der Waals surface area contributed by atoms with E-state index in [1.807, 2.05) is 26.8 Å². The largest absolute Gasteiger partial charge is 0.278 e. The summed E-state index contributed by atoms with van der Waals surface area (Å²) in [6.07, 6.45) is 2.37. The number of aliphatic imine (C=N–C) groups is 1. The first-order valence-electron chi connectivity index (χ1n) is 7.50. The summed E-state index contributed by atoms with van der Waals surface area (Å²) < 4.78 is 0. The van der Waals surface area contributed by atoms with E-state index >= 15 is 0 Å². The van der Waals surface area contributed by atoms with Crippen LogP contribution in [0.2, 0.25) is 10.2 Å². The minimum absolute atomic E-state index is 0.0699. The number of carbonyl (C=O) groups is 1. The highest BCUT2D eigenvalue weighted by molar-refractivity contribution is 6.70. The molecule has 0 bridgehead atoms. The van der Waals surface area contributed by atoms with Crippen LogP contribution in [0.25, 0.3) is 0 Å². The Hall–Kier alpha value is -1.69. The summed E-state index contributed by atoms with van der Waals surface area (Å²) in [5.41, 5.74) is 2.67. The van der Waals surface area contributed by atoms with Gasteiger partial charge in [0.15, 0.2) is 5.82 Å². The molecule has 2 aromatic heterocycles. The minimum Gasteiger partial charge on any atom is -0.278 e. The molecule has 0 radical (unpaired) electrons. The smallest absolute Gasteiger partial charge is 0.219 e. The van der Waals surface area contributed by atoms with Gasteiger partial charge in [-0.2, -0.15) is 0 Å². The lowest BCUT2D eigenvalue weighted by Gasteiger charge is -2.24. The molecular formula is C17H17Cl3N4O. The Labute approximate surface area is 161 Å². The van der Waals surface area contributed by atoms with Crippen LogP contribution < -0.4 is 4.90 Å². The predicted molar refractivity (Wildman–Crippen MR) is 104 cm³/mol. The lowest BCUT2D eigenvalue weighted by atomic mass is 10.0. The number of aryl methyl sites for hydroxylation is 1. The highest BCUT2D eigenvalue weighted by Gasteiger charge is 2.24. The molecule has 0 spiro atoms. The molecule has 5 nitrogen and oxygen atoms in total. The van der Waals surface area contributed by atoms with Crippen LogP contribution >= 0.6 is 34.8 Å². The molecule has 2 aromatic rings. The molecule has 0 aliphatic rings. The Morgan fingerprint density at radius 3 is 2.60 bits per heavy atom. The third-order valence-electron chi connectivity index (χ3n) is 3.61. The van der Waals surface area contributed by atoms with Gasteiger partial charge in [0, 0.05) is 13.2 Å². The summed E-state index contributed by atoms with van der Waals surface area (Å²) >= 11 is 18.3. The molecule has 0 saturated carbocycles. The van der Waals surface area contributed by atoms with Crippen molar-refractivity contribution in [1.29, 1.82) is 0 Å². The van der Waals surface area contributed by atoms with Crippen LogP contribution in [0.4, 0.5) is 11.5 Å². The van der Waals surface area contributed by atoms with E-state index < -0.39 is 0 Å². The van der Waals surface area contributed by atoms with Crippen molar-refractivity contribution in [2.24, 2.45) is 4.99 Å². The zero-order valence-electron chi connectivity index (χ0n) is 14.2. The first-order valence-corrected chi connectivity index (χ1v) is 8.63. The molecule has 0 aliphatic carbocycles. The molecule has 0 N–H and O–H groups in total. The van der Waals surface area contributed by atoms with Crippen LogP contribution in [0.5, 0.6) is 0 Å². The first-order chi connectivity index (χ1) is 11.8. The van der Waals surface area contributed by atoms with E-state index in [0.717, 1.165) is 11.3 Å². The highest BCUT2D eigenvalue weighted by atomic mass is 35.5. The number of hydrogen-bond acceptors (Lipinski definition) is 4. The Morgan fingerprint density at radius 2 is 2.04 bits per heavy atom. The summed E-state index contributed by atoms with van der Waals surface area (Å²) in [6.45, 7) is 5.89. The van der Waals surface area contributed by atoms with Crippen LogP contribution in [0.3, 0.4) is 0 Å². The number of halogens is 3. The van der Waals surface area contributed by atoms with Gasteiger partial charge < -0.3 is 0 Å². The van der Waals surface area contributed by atoms with Gasteiger partial charge in [-0.25, -0.2) is 4.98 Å². The predicted octanol–water partition coefficient (Wildman–Crippen LogP) is 5.12.